The molecule has 3 heterocycles. The van der Waals surface area contributed by atoms with Crippen LogP contribution in [-0.4, -0.2) is 50.7 Å². The van der Waals surface area contributed by atoms with Crippen molar-refractivity contribution in [2.75, 3.05) is 26.2 Å². The number of aromatic nitrogens is 3. The van der Waals surface area contributed by atoms with E-state index in [1.165, 1.54) is 24.0 Å². The number of pyridine rings is 1. The molecule has 0 saturated carbocycles. The molecule has 0 unspecified atom stereocenters. The molecule has 1 aliphatic heterocycles. The van der Waals surface area contributed by atoms with Gasteiger partial charge in [0.15, 0.2) is 10.8 Å². The van der Waals surface area contributed by atoms with Crippen molar-refractivity contribution >= 4 is 28.5 Å². The average Bonchev–Trinajstić information content (AvgIpc) is 3.08. The molecular formula is C23H30N6S. The number of nitrogens with two attached hydrogens (primary N) is 1. The molecule has 1 aromatic carbocycles. The van der Waals surface area contributed by atoms with Crippen molar-refractivity contribution in [3.8, 4) is 0 Å². The molecule has 158 valence electrons. The quantitative estimate of drug-likeness (QED) is 0.571. The van der Waals surface area contributed by atoms with Crippen LogP contribution in [0.15, 0.2) is 42.6 Å². The number of thiocarbonyl (C=S) groups is 1. The lowest BCUT2D eigenvalue weighted by atomic mass is 9.93. The Morgan fingerprint density at radius 2 is 1.97 bits per heavy atom. The van der Waals surface area contributed by atoms with E-state index in [2.05, 4.69) is 57.0 Å². The van der Waals surface area contributed by atoms with Crippen LogP contribution in [0.5, 0.6) is 0 Å². The zero-order chi connectivity index (χ0) is 20.9. The van der Waals surface area contributed by atoms with Gasteiger partial charge in [-0.25, -0.2) is 9.97 Å². The van der Waals surface area contributed by atoms with E-state index in [0.717, 1.165) is 56.1 Å². The van der Waals surface area contributed by atoms with E-state index in [0.29, 0.717) is 11.0 Å². The van der Waals surface area contributed by atoms with Gasteiger partial charge < -0.3 is 20.5 Å². The topological polar surface area (TPSA) is 72.0 Å². The molecule has 7 heteroatoms. The second kappa shape index (κ2) is 9.53. The Morgan fingerprint density at radius 1 is 1.20 bits per heavy atom. The number of hydrogen-bond donors (Lipinski definition) is 2. The Hall–Kier alpha value is -2.51. The minimum absolute atomic E-state index is 0.381. The molecule has 4 rings (SSSR count). The molecule has 0 aliphatic carbocycles. The first kappa shape index (κ1) is 20.8. The molecular weight excluding hydrogens is 392 g/mol. The molecule has 0 radical (unpaired) electrons. The summed E-state index contributed by atoms with van der Waals surface area (Å²) in [5, 5.41) is 3.42. The lowest BCUT2D eigenvalue weighted by Gasteiger charge is -2.31. The van der Waals surface area contributed by atoms with Crippen LogP contribution < -0.4 is 11.1 Å². The van der Waals surface area contributed by atoms with Crippen molar-refractivity contribution in [2.24, 2.45) is 11.7 Å². The highest BCUT2D eigenvalue weighted by Gasteiger charge is 2.22. The van der Waals surface area contributed by atoms with E-state index >= 15 is 0 Å². The molecule has 1 fully saturated rings. The lowest BCUT2D eigenvalue weighted by molar-refractivity contribution is 0.185. The smallest absolute Gasteiger partial charge is 0.163 e. The summed E-state index contributed by atoms with van der Waals surface area (Å²) in [4.78, 5) is 12.1. The van der Waals surface area contributed by atoms with Gasteiger partial charge in [-0.05, 0) is 68.7 Å². The number of aryl methyl sites for hydroxylation is 1. The van der Waals surface area contributed by atoms with Gasteiger partial charge in [0.1, 0.15) is 11.3 Å². The molecule has 1 saturated heterocycles. The Labute approximate surface area is 183 Å². The third-order valence-corrected chi connectivity index (χ3v) is 6.09. The number of nitrogens with one attached hydrogen (secondary N) is 1. The fraction of sp³-hybridized carbons (Fsp3) is 0.435. The third kappa shape index (κ3) is 5.15. The van der Waals surface area contributed by atoms with Crippen molar-refractivity contribution in [3.05, 3.63) is 59.5 Å². The largest absolute Gasteiger partial charge is 0.376 e. The van der Waals surface area contributed by atoms with Crippen LogP contribution in [0.1, 0.15) is 29.8 Å². The van der Waals surface area contributed by atoms with E-state index < -0.39 is 0 Å². The van der Waals surface area contributed by atoms with Crippen LogP contribution in [-0.2, 0) is 13.0 Å². The van der Waals surface area contributed by atoms with Gasteiger partial charge in [0.2, 0.25) is 0 Å². The van der Waals surface area contributed by atoms with E-state index in [9.17, 15) is 0 Å². The van der Waals surface area contributed by atoms with Crippen molar-refractivity contribution in [1.82, 2.24) is 24.8 Å². The Morgan fingerprint density at radius 3 is 2.70 bits per heavy atom. The van der Waals surface area contributed by atoms with Crippen LogP contribution in [0.25, 0.3) is 11.2 Å². The summed E-state index contributed by atoms with van der Waals surface area (Å²) in [6.45, 7) is 6.96. The molecule has 6 nitrogen and oxygen atoms in total. The van der Waals surface area contributed by atoms with Gasteiger partial charge in [0.25, 0.3) is 0 Å². The standard InChI is InChI=1S/C23H30N6S/c1-17-4-6-19(7-5-17)16-29-21(27-20-3-2-10-25-22(20)29)15-18-8-12-28(13-9-18)14-11-26-23(24)30/h2-7,10,18H,8-9,11-16H2,1H3,(H3,24,26,30). The monoisotopic (exact) mass is 422 g/mol. The predicted octanol–water partition coefficient (Wildman–Crippen LogP) is 2.88. The molecule has 30 heavy (non-hydrogen) atoms. The molecule has 2 aromatic heterocycles. The first-order valence-electron chi connectivity index (χ1n) is 10.7. The minimum Gasteiger partial charge on any atom is -0.376 e. The van der Waals surface area contributed by atoms with Crippen LogP contribution in [0.3, 0.4) is 0 Å². The summed E-state index contributed by atoms with van der Waals surface area (Å²) >= 11 is 4.88. The molecule has 0 atom stereocenters. The maximum Gasteiger partial charge on any atom is 0.163 e. The first-order chi connectivity index (χ1) is 14.6. The van der Waals surface area contributed by atoms with Gasteiger partial charge in [-0.2, -0.15) is 0 Å². The number of likely N-dealkylation sites (tertiary alicyclic amines) is 1. The summed E-state index contributed by atoms with van der Waals surface area (Å²) in [7, 11) is 0. The van der Waals surface area contributed by atoms with E-state index in [4.69, 9.17) is 22.9 Å². The third-order valence-electron chi connectivity index (χ3n) is 5.95. The maximum atomic E-state index is 5.51. The van der Waals surface area contributed by atoms with E-state index in [1.54, 1.807) is 0 Å². The maximum absolute atomic E-state index is 5.51. The van der Waals surface area contributed by atoms with Crippen molar-refractivity contribution in [3.63, 3.8) is 0 Å². The highest BCUT2D eigenvalue weighted by molar-refractivity contribution is 7.80. The fourth-order valence-corrected chi connectivity index (χ4v) is 4.32. The van der Waals surface area contributed by atoms with Crippen LogP contribution >= 0.6 is 12.2 Å². The van der Waals surface area contributed by atoms with Crippen molar-refractivity contribution in [2.45, 2.75) is 32.7 Å². The average molecular weight is 423 g/mol. The highest BCUT2D eigenvalue weighted by Crippen LogP contribution is 2.24. The number of benzene rings is 1. The number of piperidine rings is 1. The Bertz CT molecular complexity index is 989. The number of rotatable bonds is 7. The summed E-state index contributed by atoms with van der Waals surface area (Å²) in [5.74, 6) is 1.80. The van der Waals surface area contributed by atoms with Gasteiger partial charge in [-0.15, -0.1) is 0 Å². The second-order valence-corrected chi connectivity index (χ2v) is 8.67. The minimum atomic E-state index is 0.381. The normalized spacial score (nSPS) is 15.5. The Kier molecular flexibility index (Phi) is 6.59. The molecule has 3 aromatic rings. The molecule has 1 aliphatic rings. The summed E-state index contributed by atoms with van der Waals surface area (Å²) in [6, 6.07) is 12.8. The van der Waals surface area contributed by atoms with Crippen LogP contribution in [0.2, 0.25) is 0 Å². The van der Waals surface area contributed by atoms with Gasteiger partial charge >= 0.3 is 0 Å². The fourth-order valence-electron chi connectivity index (χ4n) is 4.21. The summed E-state index contributed by atoms with van der Waals surface area (Å²) < 4.78 is 2.30. The van der Waals surface area contributed by atoms with Gasteiger partial charge in [0.05, 0.1) is 6.54 Å². The molecule has 0 bridgehead atoms. The lowest BCUT2D eigenvalue weighted by Crippen LogP contribution is -2.41. The van der Waals surface area contributed by atoms with E-state index in [1.807, 2.05) is 12.3 Å². The van der Waals surface area contributed by atoms with Crippen molar-refractivity contribution in [1.29, 1.82) is 0 Å². The first-order valence-corrected chi connectivity index (χ1v) is 11.1. The molecule has 3 N–H and O–H groups in total. The Balaban J connectivity index is 1.44. The highest BCUT2D eigenvalue weighted by atomic mass is 32.1. The number of fused-ring (bicyclic) bond motifs is 1. The van der Waals surface area contributed by atoms with Gasteiger partial charge in [-0.1, -0.05) is 29.8 Å². The molecule has 0 spiro atoms. The predicted molar refractivity (Wildman–Crippen MR) is 125 cm³/mol. The van der Waals surface area contributed by atoms with Crippen LogP contribution in [0.4, 0.5) is 0 Å². The summed E-state index contributed by atoms with van der Waals surface area (Å²) in [5.41, 5.74) is 10.0. The zero-order valence-electron chi connectivity index (χ0n) is 17.6. The van der Waals surface area contributed by atoms with Gasteiger partial charge in [-0.3, -0.25) is 0 Å². The summed E-state index contributed by atoms with van der Waals surface area (Å²) in [6.07, 6.45) is 5.24. The number of nitrogens with zero attached hydrogens (tertiary/aromatic N) is 4. The molecule has 0 amide bonds. The SMILES string of the molecule is Cc1ccc(Cn2c(CC3CCN(CCNC(N)=S)CC3)nc3cccnc32)cc1. The number of imidazole rings is 1. The van der Waals surface area contributed by atoms with Crippen LogP contribution in [0, 0.1) is 12.8 Å². The zero-order valence-corrected chi connectivity index (χ0v) is 18.4. The number of hydrogen-bond acceptors (Lipinski definition) is 4. The second-order valence-electron chi connectivity index (χ2n) is 8.23. The van der Waals surface area contributed by atoms with Crippen molar-refractivity contribution < 1.29 is 0 Å². The van der Waals surface area contributed by atoms with E-state index in [-0.39, 0.29) is 0 Å². The van der Waals surface area contributed by atoms with Gasteiger partial charge in [0, 0.05) is 25.7 Å².